The van der Waals surface area contributed by atoms with Crippen LogP contribution in [0.3, 0.4) is 0 Å². The number of nitrogens with zero attached hydrogens (tertiary/aromatic N) is 3. The molecule has 1 aliphatic carbocycles. The van der Waals surface area contributed by atoms with Crippen LogP contribution >= 0.6 is 0 Å². The molecule has 1 spiro atoms. The third-order valence-electron chi connectivity index (χ3n) is 6.70. The molecule has 0 radical (unpaired) electrons. The second-order valence-electron chi connectivity index (χ2n) is 7.87. The van der Waals surface area contributed by atoms with Crippen LogP contribution in [0.5, 0.6) is 0 Å². The van der Waals surface area contributed by atoms with Crippen molar-refractivity contribution in [3.63, 3.8) is 0 Å². The molecule has 4 nitrogen and oxygen atoms in total. The van der Waals surface area contributed by atoms with Crippen LogP contribution in [0.15, 0.2) is 4.99 Å². The Morgan fingerprint density at radius 3 is 2.19 bits per heavy atom. The van der Waals surface area contributed by atoms with Crippen molar-refractivity contribution >= 4 is 5.96 Å². The molecule has 2 unspecified atom stereocenters. The summed E-state index contributed by atoms with van der Waals surface area (Å²) in [6.07, 6.45) is 13.5. The van der Waals surface area contributed by atoms with Gasteiger partial charge < -0.3 is 15.5 Å². The van der Waals surface area contributed by atoms with E-state index in [4.69, 9.17) is 10.7 Å². The first kappa shape index (κ1) is 13.9. The highest BCUT2D eigenvalue weighted by molar-refractivity contribution is 5.81. The first-order valence-electron chi connectivity index (χ1n) is 9.01. The molecule has 2 bridgehead atoms. The second kappa shape index (κ2) is 5.15. The largest absolute Gasteiger partial charge is 0.370 e. The maximum atomic E-state index is 6.37. The minimum atomic E-state index is 0.261. The van der Waals surface area contributed by atoms with Gasteiger partial charge >= 0.3 is 0 Å². The molecule has 0 amide bonds. The number of hydrogen-bond donors (Lipinski definition) is 1. The van der Waals surface area contributed by atoms with E-state index >= 15 is 0 Å². The molecule has 3 heterocycles. The van der Waals surface area contributed by atoms with Gasteiger partial charge in [0.1, 0.15) is 0 Å². The lowest BCUT2D eigenvalue weighted by molar-refractivity contribution is 0.0275. The van der Waals surface area contributed by atoms with Crippen molar-refractivity contribution in [3.05, 3.63) is 0 Å². The number of guanidine groups is 1. The van der Waals surface area contributed by atoms with E-state index in [1.54, 1.807) is 0 Å². The lowest BCUT2D eigenvalue weighted by Gasteiger charge is -2.50. The molecule has 2 saturated heterocycles. The molecule has 3 fully saturated rings. The molecule has 1 saturated carbocycles. The van der Waals surface area contributed by atoms with Gasteiger partial charge in [-0.05, 0) is 45.6 Å². The number of nitrogens with two attached hydrogens (primary N) is 1. The zero-order chi connectivity index (χ0) is 14.4. The molecule has 0 aromatic heterocycles. The van der Waals surface area contributed by atoms with E-state index in [0.29, 0.717) is 6.04 Å². The number of hydrogen-bond acceptors (Lipinski definition) is 4. The molecular weight excluding hydrogens is 260 g/mol. The van der Waals surface area contributed by atoms with Gasteiger partial charge in [0.2, 0.25) is 0 Å². The molecular formula is C17H30N4. The minimum Gasteiger partial charge on any atom is -0.370 e. The highest BCUT2D eigenvalue weighted by Gasteiger charge is 2.53. The Labute approximate surface area is 128 Å². The highest BCUT2D eigenvalue weighted by atomic mass is 15.4. The maximum absolute atomic E-state index is 6.37. The van der Waals surface area contributed by atoms with Crippen molar-refractivity contribution in [2.45, 2.75) is 87.9 Å². The molecule has 0 aromatic carbocycles. The van der Waals surface area contributed by atoms with Gasteiger partial charge in [-0.1, -0.05) is 25.7 Å². The zero-order valence-electron chi connectivity index (χ0n) is 13.4. The third-order valence-corrected chi connectivity index (χ3v) is 6.70. The summed E-state index contributed by atoms with van der Waals surface area (Å²) in [4.78, 5) is 9.96. The van der Waals surface area contributed by atoms with Gasteiger partial charge in [-0.2, -0.15) is 0 Å². The molecule has 4 rings (SSSR count). The Bertz CT molecular complexity index is 411. The van der Waals surface area contributed by atoms with Crippen LogP contribution in [0, 0.1) is 0 Å². The van der Waals surface area contributed by atoms with E-state index in [0.717, 1.165) is 24.6 Å². The molecule has 2 atom stereocenters. The molecule has 0 aromatic rings. The summed E-state index contributed by atoms with van der Waals surface area (Å²) in [6.45, 7) is 0.955. The first-order valence-corrected chi connectivity index (χ1v) is 9.01. The van der Waals surface area contributed by atoms with E-state index in [2.05, 4.69) is 16.8 Å². The number of aliphatic imine (C=N–C) groups is 1. The predicted molar refractivity (Wildman–Crippen MR) is 86.4 cm³/mol. The van der Waals surface area contributed by atoms with Gasteiger partial charge in [-0.25, -0.2) is 0 Å². The van der Waals surface area contributed by atoms with Crippen LogP contribution < -0.4 is 5.73 Å². The van der Waals surface area contributed by atoms with Crippen LogP contribution in [0.2, 0.25) is 0 Å². The molecule has 21 heavy (non-hydrogen) atoms. The SMILES string of the molecule is CN1C2CCC1CC1(CN=C(N)N1C1CCCCCC1)C2. The van der Waals surface area contributed by atoms with E-state index < -0.39 is 0 Å². The van der Waals surface area contributed by atoms with Crippen LogP contribution in [0.25, 0.3) is 0 Å². The summed E-state index contributed by atoms with van der Waals surface area (Å²) >= 11 is 0. The number of fused-ring (bicyclic) bond motifs is 2. The highest BCUT2D eigenvalue weighted by Crippen LogP contribution is 2.46. The van der Waals surface area contributed by atoms with E-state index in [9.17, 15) is 0 Å². The monoisotopic (exact) mass is 290 g/mol. The fraction of sp³-hybridized carbons (Fsp3) is 0.941. The van der Waals surface area contributed by atoms with Gasteiger partial charge in [0.25, 0.3) is 0 Å². The lowest BCUT2D eigenvalue weighted by Crippen LogP contribution is -2.62. The van der Waals surface area contributed by atoms with Crippen molar-refractivity contribution in [2.24, 2.45) is 10.7 Å². The Morgan fingerprint density at radius 1 is 0.952 bits per heavy atom. The fourth-order valence-corrected chi connectivity index (χ4v) is 5.58. The van der Waals surface area contributed by atoms with E-state index in [1.165, 1.54) is 64.2 Å². The van der Waals surface area contributed by atoms with Crippen molar-refractivity contribution in [1.29, 1.82) is 0 Å². The molecule has 4 heteroatoms. The Kier molecular flexibility index (Phi) is 3.40. The summed E-state index contributed by atoms with van der Waals surface area (Å²) in [5.41, 5.74) is 6.64. The fourth-order valence-electron chi connectivity index (χ4n) is 5.58. The number of piperidine rings is 1. The van der Waals surface area contributed by atoms with Crippen LogP contribution in [0.4, 0.5) is 0 Å². The van der Waals surface area contributed by atoms with Crippen molar-refractivity contribution in [3.8, 4) is 0 Å². The molecule has 4 aliphatic rings. The average Bonchev–Trinajstić information content (AvgIpc) is 2.79. The van der Waals surface area contributed by atoms with Gasteiger partial charge in [0.15, 0.2) is 5.96 Å². The average molecular weight is 290 g/mol. The van der Waals surface area contributed by atoms with Gasteiger partial charge in [0, 0.05) is 18.1 Å². The molecule has 3 aliphatic heterocycles. The van der Waals surface area contributed by atoms with Gasteiger partial charge in [0.05, 0.1) is 12.1 Å². The summed E-state index contributed by atoms with van der Waals surface area (Å²) in [5.74, 6) is 0.853. The first-order chi connectivity index (χ1) is 10.2. The minimum absolute atomic E-state index is 0.261. The van der Waals surface area contributed by atoms with Crippen LogP contribution in [0.1, 0.15) is 64.2 Å². The van der Waals surface area contributed by atoms with E-state index in [1.807, 2.05) is 0 Å². The second-order valence-corrected chi connectivity index (χ2v) is 7.87. The summed E-state index contributed by atoms with van der Waals surface area (Å²) < 4.78 is 0. The maximum Gasteiger partial charge on any atom is 0.192 e. The Hall–Kier alpha value is -0.770. The standard InChI is InChI=1S/C17H30N4/c1-20-14-8-9-15(20)11-17(10-14)12-19-16(18)21(17)13-6-4-2-3-5-7-13/h13-15H,2-12H2,1H3,(H2,18,19). The van der Waals surface area contributed by atoms with Crippen molar-refractivity contribution < 1.29 is 0 Å². The lowest BCUT2D eigenvalue weighted by atomic mass is 9.80. The van der Waals surface area contributed by atoms with E-state index in [-0.39, 0.29) is 5.54 Å². The molecule has 2 N–H and O–H groups in total. The summed E-state index contributed by atoms with van der Waals surface area (Å²) in [7, 11) is 2.32. The smallest absolute Gasteiger partial charge is 0.192 e. The predicted octanol–water partition coefficient (Wildman–Crippen LogP) is 2.33. The van der Waals surface area contributed by atoms with Crippen LogP contribution in [-0.2, 0) is 0 Å². The summed E-state index contributed by atoms with van der Waals surface area (Å²) in [6, 6.07) is 2.18. The summed E-state index contributed by atoms with van der Waals surface area (Å²) in [5, 5.41) is 0. The Morgan fingerprint density at radius 2 is 1.57 bits per heavy atom. The zero-order valence-corrected chi connectivity index (χ0v) is 13.4. The molecule has 118 valence electrons. The van der Waals surface area contributed by atoms with Crippen LogP contribution in [-0.4, -0.2) is 53.0 Å². The Balaban J connectivity index is 1.59. The topological polar surface area (TPSA) is 44.9 Å². The number of rotatable bonds is 1. The normalized spacial score (nSPS) is 41.6. The van der Waals surface area contributed by atoms with Crippen molar-refractivity contribution in [2.75, 3.05) is 13.6 Å². The quantitative estimate of drug-likeness (QED) is 0.754. The van der Waals surface area contributed by atoms with Gasteiger partial charge in [-0.3, -0.25) is 4.99 Å². The van der Waals surface area contributed by atoms with Gasteiger partial charge in [-0.15, -0.1) is 0 Å². The third kappa shape index (κ3) is 2.18. The van der Waals surface area contributed by atoms with Crippen molar-refractivity contribution in [1.82, 2.24) is 9.80 Å².